The van der Waals surface area contributed by atoms with Crippen molar-refractivity contribution in [3.8, 4) is 0 Å². The van der Waals surface area contributed by atoms with Crippen molar-refractivity contribution in [3.05, 3.63) is 0 Å². The first-order valence-electron chi connectivity index (χ1n) is 6.99. The maximum absolute atomic E-state index is 12.6. The number of likely N-dealkylation sites (tertiary alicyclic amines) is 1. The van der Waals surface area contributed by atoms with E-state index in [9.17, 15) is 14.7 Å². The molecule has 3 atom stereocenters. The third-order valence-corrected chi connectivity index (χ3v) is 5.36. The monoisotopic (exact) mass is 302 g/mol. The standard InChI is InChI=1S/C13H22N2O4S/c1-3-11-15(10(8-20-11)12(16)17)13(18)14-5-4-9(6-14)7-19-2/h9-11H,3-8H2,1-2H3,(H,16,17). The number of hydrogen-bond acceptors (Lipinski definition) is 4. The summed E-state index contributed by atoms with van der Waals surface area (Å²) in [4.78, 5) is 27.3. The number of carbonyl (C=O) groups excluding carboxylic acids is 1. The second-order valence-electron chi connectivity index (χ2n) is 5.30. The minimum atomic E-state index is -0.908. The van der Waals surface area contributed by atoms with Gasteiger partial charge in [-0.25, -0.2) is 9.59 Å². The van der Waals surface area contributed by atoms with E-state index in [0.29, 0.717) is 31.4 Å². The van der Waals surface area contributed by atoms with Gasteiger partial charge in [0.15, 0.2) is 0 Å². The van der Waals surface area contributed by atoms with Crippen LogP contribution in [0.4, 0.5) is 4.79 Å². The summed E-state index contributed by atoms with van der Waals surface area (Å²) in [7, 11) is 1.66. The van der Waals surface area contributed by atoms with E-state index in [2.05, 4.69) is 0 Å². The summed E-state index contributed by atoms with van der Waals surface area (Å²) < 4.78 is 5.13. The topological polar surface area (TPSA) is 70.1 Å². The molecule has 2 aliphatic rings. The molecule has 6 nitrogen and oxygen atoms in total. The number of urea groups is 1. The van der Waals surface area contributed by atoms with E-state index in [1.54, 1.807) is 28.7 Å². The Hall–Kier alpha value is -0.950. The number of amides is 2. The number of aliphatic carboxylic acids is 1. The number of carboxylic acid groups (broad SMARTS) is 1. The number of hydrogen-bond donors (Lipinski definition) is 1. The van der Waals surface area contributed by atoms with Crippen molar-refractivity contribution in [1.29, 1.82) is 0 Å². The van der Waals surface area contributed by atoms with Crippen LogP contribution in [-0.2, 0) is 9.53 Å². The maximum atomic E-state index is 12.6. The molecule has 0 saturated carbocycles. The normalized spacial score (nSPS) is 30.0. The lowest BCUT2D eigenvalue weighted by Crippen LogP contribution is -2.51. The van der Waals surface area contributed by atoms with Gasteiger partial charge in [0.25, 0.3) is 0 Å². The first-order valence-corrected chi connectivity index (χ1v) is 8.04. The summed E-state index contributed by atoms with van der Waals surface area (Å²) >= 11 is 1.56. The van der Waals surface area contributed by atoms with Gasteiger partial charge in [-0.05, 0) is 12.8 Å². The molecule has 1 N–H and O–H groups in total. The Kier molecular flexibility index (Phi) is 5.15. The first kappa shape index (κ1) is 15.4. The van der Waals surface area contributed by atoms with Crippen LogP contribution in [0.3, 0.4) is 0 Å². The number of carboxylic acids is 1. The van der Waals surface area contributed by atoms with Gasteiger partial charge in [-0.3, -0.25) is 4.90 Å². The van der Waals surface area contributed by atoms with Crippen LogP contribution in [0.15, 0.2) is 0 Å². The SMILES string of the molecule is CCC1SCC(C(=O)O)N1C(=O)N1CCC(COC)C1. The molecule has 3 unspecified atom stereocenters. The van der Waals surface area contributed by atoms with Crippen LogP contribution in [0.1, 0.15) is 19.8 Å². The van der Waals surface area contributed by atoms with Crippen LogP contribution in [-0.4, -0.2) is 70.9 Å². The van der Waals surface area contributed by atoms with E-state index in [1.165, 1.54) is 0 Å². The fourth-order valence-corrected chi connectivity index (χ4v) is 4.21. The summed E-state index contributed by atoms with van der Waals surface area (Å²) in [6, 6.07) is -0.827. The fraction of sp³-hybridized carbons (Fsp3) is 0.846. The van der Waals surface area contributed by atoms with Crippen molar-refractivity contribution < 1.29 is 19.4 Å². The van der Waals surface area contributed by atoms with Gasteiger partial charge in [-0.1, -0.05) is 6.92 Å². The summed E-state index contributed by atoms with van der Waals surface area (Å²) in [5, 5.41) is 9.26. The highest BCUT2D eigenvalue weighted by molar-refractivity contribution is 8.00. The molecule has 0 radical (unpaired) electrons. The number of carbonyl (C=O) groups is 2. The third-order valence-electron chi connectivity index (χ3n) is 3.91. The van der Waals surface area contributed by atoms with E-state index in [4.69, 9.17) is 4.74 Å². The van der Waals surface area contributed by atoms with Crippen LogP contribution < -0.4 is 0 Å². The zero-order valence-corrected chi connectivity index (χ0v) is 12.8. The van der Waals surface area contributed by atoms with Gasteiger partial charge in [-0.15, -0.1) is 11.8 Å². The van der Waals surface area contributed by atoms with Gasteiger partial charge in [-0.2, -0.15) is 0 Å². The lowest BCUT2D eigenvalue weighted by Gasteiger charge is -2.31. The highest BCUT2D eigenvalue weighted by Gasteiger charge is 2.43. The van der Waals surface area contributed by atoms with Crippen LogP contribution in [0.25, 0.3) is 0 Å². The Morgan fingerprint density at radius 2 is 2.20 bits per heavy atom. The lowest BCUT2D eigenvalue weighted by atomic mass is 10.1. The molecule has 0 aromatic heterocycles. The highest BCUT2D eigenvalue weighted by atomic mass is 32.2. The minimum absolute atomic E-state index is 0.0231. The molecular weight excluding hydrogens is 280 g/mol. The van der Waals surface area contributed by atoms with Crippen molar-refractivity contribution in [2.24, 2.45) is 5.92 Å². The summed E-state index contributed by atoms with van der Waals surface area (Å²) in [5.41, 5.74) is 0. The average Bonchev–Trinajstić information content (AvgIpc) is 3.04. The van der Waals surface area contributed by atoms with Gasteiger partial charge >= 0.3 is 12.0 Å². The predicted octanol–water partition coefficient (Wildman–Crippen LogP) is 1.31. The van der Waals surface area contributed by atoms with Gasteiger partial charge in [0, 0.05) is 31.9 Å². The molecule has 114 valence electrons. The average molecular weight is 302 g/mol. The van der Waals surface area contributed by atoms with E-state index >= 15 is 0 Å². The second kappa shape index (κ2) is 6.67. The maximum Gasteiger partial charge on any atom is 0.327 e. The van der Waals surface area contributed by atoms with Crippen LogP contribution in [0, 0.1) is 5.92 Å². The fourth-order valence-electron chi connectivity index (χ4n) is 2.87. The van der Waals surface area contributed by atoms with Crippen molar-refractivity contribution in [2.45, 2.75) is 31.2 Å². The molecule has 2 amide bonds. The molecular formula is C13H22N2O4S. The quantitative estimate of drug-likeness (QED) is 0.848. The molecule has 2 fully saturated rings. The van der Waals surface area contributed by atoms with Crippen molar-refractivity contribution in [2.75, 3.05) is 32.6 Å². The molecule has 0 aromatic rings. The summed E-state index contributed by atoms with van der Waals surface area (Å²) in [6.07, 6.45) is 1.70. The van der Waals surface area contributed by atoms with E-state index < -0.39 is 12.0 Å². The first-order chi connectivity index (χ1) is 9.58. The molecule has 2 saturated heterocycles. The van der Waals surface area contributed by atoms with E-state index in [0.717, 1.165) is 12.8 Å². The number of methoxy groups -OCH3 is 1. The summed E-state index contributed by atoms with van der Waals surface area (Å²) in [6.45, 7) is 3.99. The number of nitrogens with zero attached hydrogens (tertiary/aromatic N) is 2. The van der Waals surface area contributed by atoms with Crippen molar-refractivity contribution in [1.82, 2.24) is 9.80 Å². The third kappa shape index (κ3) is 3.03. The van der Waals surface area contributed by atoms with Crippen LogP contribution in [0.2, 0.25) is 0 Å². The Morgan fingerprint density at radius 1 is 1.45 bits per heavy atom. The smallest absolute Gasteiger partial charge is 0.327 e. The van der Waals surface area contributed by atoms with Crippen LogP contribution >= 0.6 is 11.8 Å². The summed E-state index contributed by atoms with van der Waals surface area (Å²) in [5.74, 6) is -0.0634. The highest BCUT2D eigenvalue weighted by Crippen LogP contribution is 2.33. The van der Waals surface area contributed by atoms with Gasteiger partial charge in [0.1, 0.15) is 6.04 Å². The zero-order valence-electron chi connectivity index (χ0n) is 11.9. The molecule has 0 spiro atoms. The largest absolute Gasteiger partial charge is 0.480 e. The molecule has 2 rings (SSSR count). The predicted molar refractivity (Wildman–Crippen MR) is 76.8 cm³/mol. The Bertz CT molecular complexity index is 379. The van der Waals surface area contributed by atoms with Crippen LogP contribution in [0.5, 0.6) is 0 Å². The number of rotatable bonds is 4. The minimum Gasteiger partial charge on any atom is -0.480 e. The molecule has 2 aliphatic heterocycles. The Labute approximate surface area is 123 Å². The lowest BCUT2D eigenvalue weighted by molar-refractivity contribution is -0.141. The van der Waals surface area contributed by atoms with Crippen molar-refractivity contribution >= 4 is 23.8 Å². The Balaban J connectivity index is 2.04. The van der Waals surface area contributed by atoms with Crippen molar-refractivity contribution in [3.63, 3.8) is 0 Å². The molecule has 0 aliphatic carbocycles. The van der Waals surface area contributed by atoms with E-state index in [-0.39, 0.29) is 11.4 Å². The van der Waals surface area contributed by atoms with Gasteiger partial charge in [0.05, 0.1) is 12.0 Å². The van der Waals surface area contributed by atoms with E-state index in [1.807, 2.05) is 6.92 Å². The Morgan fingerprint density at radius 3 is 2.80 bits per heavy atom. The molecule has 7 heteroatoms. The molecule has 0 bridgehead atoms. The number of ether oxygens (including phenoxy) is 1. The molecule has 20 heavy (non-hydrogen) atoms. The van der Waals surface area contributed by atoms with Gasteiger partial charge < -0.3 is 14.7 Å². The zero-order chi connectivity index (χ0) is 14.7. The second-order valence-corrected chi connectivity index (χ2v) is 6.51. The van der Waals surface area contributed by atoms with Gasteiger partial charge in [0.2, 0.25) is 0 Å². The molecule has 2 heterocycles. The number of thioether (sulfide) groups is 1. The molecule has 0 aromatic carbocycles.